The van der Waals surface area contributed by atoms with Crippen molar-refractivity contribution >= 4 is 34.4 Å². The number of aliphatic hydroxyl groups is 2. The zero-order valence-electron chi connectivity index (χ0n) is 21.4. The summed E-state index contributed by atoms with van der Waals surface area (Å²) in [6, 6.07) is 11.6. The molecule has 2 unspecified atom stereocenters. The maximum absolute atomic E-state index is 9.70. The topological polar surface area (TPSA) is 121 Å². The largest absolute Gasteiger partial charge is 0.494 e. The average Bonchev–Trinajstić information content (AvgIpc) is 3.18. The summed E-state index contributed by atoms with van der Waals surface area (Å²) in [6.45, 7) is 2.47. The van der Waals surface area contributed by atoms with Gasteiger partial charge in [-0.2, -0.15) is 5.10 Å². The Balaban J connectivity index is 1.25. The molecule has 0 spiro atoms. The average molecular weight is 552 g/mol. The van der Waals surface area contributed by atoms with Crippen LogP contribution >= 0.6 is 11.6 Å². The van der Waals surface area contributed by atoms with Gasteiger partial charge in [-0.05, 0) is 24.3 Å². The number of nitrogens with one attached hydrogen (secondary N) is 1. The van der Waals surface area contributed by atoms with Crippen molar-refractivity contribution in [3.05, 3.63) is 60.0 Å². The second kappa shape index (κ2) is 10.9. The van der Waals surface area contributed by atoms with Crippen molar-refractivity contribution in [3.63, 3.8) is 0 Å². The van der Waals surface area contributed by atoms with Crippen LogP contribution in [0.15, 0.2) is 55.0 Å². The summed E-state index contributed by atoms with van der Waals surface area (Å²) in [5.41, 5.74) is 4.01. The molecule has 204 valence electrons. The van der Waals surface area contributed by atoms with Gasteiger partial charge in [0.2, 0.25) is 5.95 Å². The van der Waals surface area contributed by atoms with Crippen molar-refractivity contribution in [1.82, 2.24) is 24.5 Å². The summed E-state index contributed by atoms with van der Waals surface area (Å²) in [7, 11) is 1.63. The van der Waals surface area contributed by atoms with E-state index in [0.29, 0.717) is 54.3 Å². The van der Waals surface area contributed by atoms with Gasteiger partial charge in [0, 0.05) is 43.1 Å². The number of ether oxygens (including phenoxy) is 2. The fraction of sp³-hybridized carbons (Fsp3) is 0.370. The van der Waals surface area contributed by atoms with Crippen LogP contribution in [0, 0.1) is 0 Å². The Morgan fingerprint density at radius 1 is 1.15 bits per heavy atom. The summed E-state index contributed by atoms with van der Waals surface area (Å²) >= 11 is 6.49. The number of benzene rings is 1. The molecule has 3 aliphatic heterocycles. The summed E-state index contributed by atoms with van der Waals surface area (Å²) in [6.07, 6.45) is 5.17. The Bertz CT molecular complexity index is 1460. The van der Waals surface area contributed by atoms with Crippen molar-refractivity contribution in [2.45, 2.75) is 18.2 Å². The number of methoxy groups -OCH3 is 1. The molecule has 12 heteroatoms. The first-order valence-corrected chi connectivity index (χ1v) is 13.2. The van der Waals surface area contributed by atoms with E-state index in [1.807, 2.05) is 42.6 Å². The Morgan fingerprint density at radius 2 is 2.03 bits per heavy atom. The molecule has 11 nitrogen and oxygen atoms in total. The lowest BCUT2D eigenvalue weighted by molar-refractivity contribution is 0.0218. The molecule has 3 fully saturated rings. The van der Waals surface area contributed by atoms with E-state index < -0.39 is 0 Å². The van der Waals surface area contributed by atoms with Crippen LogP contribution in [0.1, 0.15) is 0 Å². The Morgan fingerprint density at radius 3 is 2.85 bits per heavy atom. The molecule has 3 saturated heterocycles. The van der Waals surface area contributed by atoms with E-state index in [-0.39, 0.29) is 31.4 Å². The number of aromatic nitrogens is 4. The van der Waals surface area contributed by atoms with Crippen LogP contribution in [0.2, 0.25) is 5.02 Å². The van der Waals surface area contributed by atoms with E-state index >= 15 is 0 Å². The third-order valence-electron chi connectivity index (χ3n) is 7.38. The molecule has 3 aliphatic rings. The van der Waals surface area contributed by atoms with Crippen LogP contribution in [0.4, 0.5) is 17.3 Å². The van der Waals surface area contributed by atoms with Gasteiger partial charge in [0.15, 0.2) is 0 Å². The number of hydrogen-bond donors (Lipinski definition) is 3. The van der Waals surface area contributed by atoms with Crippen LogP contribution in [0.3, 0.4) is 0 Å². The molecule has 0 radical (unpaired) electrons. The third kappa shape index (κ3) is 4.99. The Kier molecular flexibility index (Phi) is 7.24. The fourth-order valence-corrected chi connectivity index (χ4v) is 5.54. The summed E-state index contributed by atoms with van der Waals surface area (Å²) < 4.78 is 13.6. The third-order valence-corrected chi connectivity index (χ3v) is 7.65. The minimum atomic E-state index is -0.289. The van der Waals surface area contributed by atoms with Gasteiger partial charge in [-0.3, -0.25) is 4.90 Å². The fourth-order valence-electron chi connectivity index (χ4n) is 5.35. The van der Waals surface area contributed by atoms with E-state index in [1.165, 1.54) is 0 Å². The van der Waals surface area contributed by atoms with E-state index in [2.05, 4.69) is 25.2 Å². The quantitative estimate of drug-likeness (QED) is 0.301. The number of anilines is 3. The SMILES string of the molecule is COc1cc(N2CC3CN(C(CO)CO)CC2CO3)ccc1Nc1ncc(Cl)c(-c2cnn3ccccc23)n1. The molecule has 0 aliphatic carbocycles. The first-order chi connectivity index (χ1) is 19.1. The van der Waals surface area contributed by atoms with Crippen molar-refractivity contribution in [1.29, 1.82) is 0 Å². The molecular weight excluding hydrogens is 522 g/mol. The number of pyridine rings is 1. The van der Waals surface area contributed by atoms with Gasteiger partial charge in [0.25, 0.3) is 0 Å². The molecule has 6 heterocycles. The minimum Gasteiger partial charge on any atom is -0.494 e. The lowest BCUT2D eigenvalue weighted by atomic mass is 10.1. The van der Waals surface area contributed by atoms with Crippen molar-refractivity contribution in [2.75, 3.05) is 56.8 Å². The van der Waals surface area contributed by atoms with E-state index in [4.69, 9.17) is 26.1 Å². The standard InChI is InChI=1S/C27H30ClN7O4/c1-38-25-8-17(34-13-20-12-33(19(14-36)15-37)11-18(34)16-39-20)5-6-23(25)31-27-29-10-22(28)26(32-27)21-9-30-35-7-3-2-4-24(21)35/h2-10,18-20,36-37H,11-16H2,1H3,(H,29,31,32). The minimum absolute atomic E-state index is 0.0195. The molecule has 3 aromatic heterocycles. The maximum atomic E-state index is 9.70. The predicted octanol–water partition coefficient (Wildman–Crippen LogP) is 2.44. The van der Waals surface area contributed by atoms with E-state index in [1.54, 1.807) is 24.0 Å². The first kappa shape index (κ1) is 25.8. The molecule has 4 aromatic rings. The van der Waals surface area contributed by atoms with Gasteiger partial charge in [0.05, 0.1) is 79.4 Å². The number of hydrogen-bond acceptors (Lipinski definition) is 10. The molecule has 3 N–H and O–H groups in total. The van der Waals surface area contributed by atoms with E-state index in [9.17, 15) is 10.2 Å². The number of fused-ring (bicyclic) bond motifs is 5. The number of halogens is 1. The highest BCUT2D eigenvalue weighted by Gasteiger charge is 2.38. The number of morpholine rings is 1. The maximum Gasteiger partial charge on any atom is 0.227 e. The molecular formula is C27H30ClN7O4. The summed E-state index contributed by atoms with van der Waals surface area (Å²) in [5.74, 6) is 1.03. The molecule has 0 amide bonds. The molecule has 7 rings (SSSR count). The highest BCUT2D eigenvalue weighted by molar-refractivity contribution is 6.33. The molecule has 39 heavy (non-hydrogen) atoms. The molecule has 1 aromatic carbocycles. The summed E-state index contributed by atoms with van der Waals surface area (Å²) in [5, 5.41) is 27.5. The Hall–Kier alpha value is -3.48. The van der Waals surface area contributed by atoms with Crippen molar-refractivity contribution in [2.24, 2.45) is 0 Å². The second-order valence-corrected chi connectivity index (χ2v) is 10.1. The van der Waals surface area contributed by atoms with Crippen molar-refractivity contribution in [3.8, 4) is 17.0 Å². The van der Waals surface area contributed by atoms with Gasteiger partial charge >= 0.3 is 0 Å². The van der Waals surface area contributed by atoms with Crippen LogP contribution in [0.25, 0.3) is 16.8 Å². The van der Waals surface area contributed by atoms with Crippen LogP contribution in [0.5, 0.6) is 5.75 Å². The Labute approximate surface area is 230 Å². The lowest BCUT2D eigenvalue weighted by Gasteiger charge is -2.38. The summed E-state index contributed by atoms with van der Waals surface area (Å²) in [4.78, 5) is 13.5. The predicted molar refractivity (Wildman–Crippen MR) is 148 cm³/mol. The number of aliphatic hydroxyl groups excluding tert-OH is 2. The van der Waals surface area contributed by atoms with Crippen LogP contribution in [-0.2, 0) is 4.74 Å². The molecule has 2 atom stereocenters. The smallest absolute Gasteiger partial charge is 0.227 e. The van der Waals surface area contributed by atoms with Gasteiger partial charge in [0.1, 0.15) is 5.75 Å². The monoisotopic (exact) mass is 551 g/mol. The number of rotatable bonds is 8. The molecule has 0 saturated carbocycles. The van der Waals surface area contributed by atoms with Crippen LogP contribution < -0.4 is 15.0 Å². The normalized spacial score (nSPS) is 19.6. The van der Waals surface area contributed by atoms with Gasteiger partial charge in [-0.15, -0.1) is 0 Å². The van der Waals surface area contributed by atoms with Gasteiger partial charge in [-0.25, -0.2) is 14.5 Å². The highest BCUT2D eigenvalue weighted by Crippen LogP contribution is 2.36. The zero-order valence-corrected chi connectivity index (χ0v) is 22.2. The van der Waals surface area contributed by atoms with Gasteiger partial charge < -0.3 is 29.9 Å². The lowest BCUT2D eigenvalue weighted by Crippen LogP contribution is -2.50. The second-order valence-electron chi connectivity index (χ2n) is 9.72. The van der Waals surface area contributed by atoms with Gasteiger partial charge in [-0.1, -0.05) is 17.7 Å². The van der Waals surface area contributed by atoms with Crippen molar-refractivity contribution < 1.29 is 19.7 Å². The zero-order chi connectivity index (χ0) is 26.9. The van der Waals surface area contributed by atoms with Crippen LogP contribution in [-0.4, -0.2) is 99.4 Å². The first-order valence-electron chi connectivity index (χ1n) is 12.8. The highest BCUT2D eigenvalue weighted by atomic mass is 35.5. The van der Waals surface area contributed by atoms with E-state index in [0.717, 1.165) is 16.8 Å². The number of nitrogens with zero attached hydrogens (tertiary/aromatic N) is 6. The molecule has 2 bridgehead atoms.